The summed E-state index contributed by atoms with van der Waals surface area (Å²) in [5.74, 6) is -0.824. The molecule has 0 atom stereocenters. The van der Waals surface area contributed by atoms with Gasteiger partial charge in [0.05, 0.1) is 6.42 Å². The molecule has 3 N–H and O–H groups in total. The predicted octanol–water partition coefficient (Wildman–Crippen LogP) is 0.247. The summed E-state index contributed by atoms with van der Waals surface area (Å²) < 4.78 is 0. The second-order valence-electron chi connectivity index (χ2n) is 2.31. The molecule has 12 heavy (non-hydrogen) atoms. The van der Waals surface area contributed by atoms with Gasteiger partial charge >= 0.3 is 57.4 Å². The quantitative estimate of drug-likeness (QED) is 0.520. The van der Waals surface area contributed by atoms with Gasteiger partial charge in [-0.2, -0.15) is 0 Å². The van der Waals surface area contributed by atoms with E-state index in [1.165, 1.54) is 0 Å². The van der Waals surface area contributed by atoms with E-state index in [4.69, 9.17) is 10.8 Å². The molecular weight excluding hydrogens is 181 g/mol. The summed E-state index contributed by atoms with van der Waals surface area (Å²) in [5, 5.41) is 8.40. The number of carboxylic acids is 1. The summed E-state index contributed by atoms with van der Waals surface area (Å²) in [4.78, 5) is 10.2. The van der Waals surface area contributed by atoms with Crippen molar-refractivity contribution in [3.63, 3.8) is 0 Å². The van der Waals surface area contributed by atoms with Crippen molar-refractivity contribution in [3.05, 3.63) is 29.8 Å². The fourth-order valence-corrected chi connectivity index (χ4v) is 0.810. The van der Waals surface area contributed by atoms with Gasteiger partial charge in [-0.05, 0) is 17.7 Å². The van der Waals surface area contributed by atoms with E-state index in [9.17, 15) is 4.79 Å². The van der Waals surface area contributed by atoms with E-state index in [1.807, 2.05) is 0 Å². The van der Waals surface area contributed by atoms with E-state index in [-0.39, 0.29) is 57.8 Å². The Balaban J connectivity index is 0.00000121. The minimum absolute atomic E-state index is 0. The van der Waals surface area contributed by atoms with E-state index < -0.39 is 5.97 Å². The van der Waals surface area contributed by atoms with E-state index >= 15 is 0 Å². The van der Waals surface area contributed by atoms with Crippen molar-refractivity contribution in [1.29, 1.82) is 0 Å². The molecule has 0 aliphatic rings. The Kier molecular flexibility index (Phi) is 5.78. The molecule has 4 heteroatoms. The summed E-state index contributed by atoms with van der Waals surface area (Å²) >= 11 is 0. The van der Waals surface area contributed by atoms with Gasteiger partial charge in [-0.1, -0.05) is 12.1 Å². The Labute approximate surface area is 113 Å². The second-order valence-corrected chi connectivity index (χ2v) is 2.31. The topological polar surface area (TPSA) is 63.3 Å². The molecule has 0 spiro atoms. The average Bonchev–Trinajstić information content (AvgIpc) is 1.93. The van der Waals surface area contributed by atoms with Gasteiger partial charge in [0.15, 0.2) is 0 Å². The van der Waals surface area contributed by atoms with E-state index in [1.54, 1.807) is 24.3 Å². The maximum atomic E-state index is 10.2. The van der Waals surface area contributed by atoms with Crippen molar-refractivity contribution >= 4 is 63.0 Å². The van der Waals surface area contributed by atoms with E-state index in [2.05, 4.69) is 0 Å². The molecule has 0 saturated heterocycles. The van der Waals surface area contributed by atoms with Crippen molar-refractivity contribution in [2.24, 2.45) is 0 Å². The van der Waals surface area contributed by atoms with Gasteiger partial charge in [0.25, 0.3) is 0 Å². The van der Waals surface area contributed by atoms with Crippen LogP contribution in [0.2, 0.25) is 0 Å². The van der Waals surface area contributed by atoms with Crippen LogP contribution in [0.1, 0.15) is 5.56 Å². The molecule has 1 aromatic rings. The standard InChI is InChI=1S/C8H9NO2.K.H/c9-7-3-1-6(2-4-7)5-8(10)11;;/h1-4H,5,9H2,(H,10,11);;. The number of aliphatic carboxylic acids is 1. The molecule has 0 fully saturated rings. The Hall–Kier alpha value is 0.126. The van der Waals surface area contributed by atoms with Gasteiger partial charge in [0.1, 0.15) is 0 Å². The zero-order valence-corrected chi connectivity index (χ0v) is 5.95. The van der Waals surface area contributed by atoms with Gasteiger partial charge in [-0.15, -0.1) is 0 Å². The molecule has 0 aliphatic heterocycles. The number of hydrogen-bond donors (Lipinski definition) is 2. The Morgan fingerprint density at radius 1 is 1.33 bits per heavy atom. The summed E-state index contributed by atoms with van der Waals surface area (Å²) in [6.07, 6.45) is 0.0558. The first kappa shape index (κ1) is 12.1. The number of carboxylic acid groups (broad SMARTS) is 1. The molecule has 60 valence electrons. The van der Waals surface area contributed by atoms with Crippen molar-refractivity contribution < 1.29 is 9.90 Å². The maximum absolute atomic E-state index is 10.2. The molecule has 0 saturated carbocycles. The van der Waals surface area contributed by atoms with E-state index in [0.29, 0.717) is 5.69 Å². The Bertz CT molecular complexity index is 258. The van der Waals surface area contributed by atoms with Crippen LogP contribution < -0.4 is 5.73 Å². The van der Waals surface area contributed by atoms with Gasteiger partial charge in [0.2, 0.25) is 0 Å². The zero-order chi connectivity index (χ0) is 8.27. The third-order valence-electron chi connectivity index (χ3n) is 1.34. The van der Waals surface area contributed by atoms with Crippen LogP contribution in [0.15, 0.2) is 24.3 Å². The average molecular weight is 191 g/mol. The minimum atomic E-state index is -0.824. The fourth-order valence-electron chi connectivity index (χ4n) is 0.810. The third kappa shape index (κ3) is 4.23. The molecule has 0 unspecified atom stereocenters. The van der Waals surface area contributed by atoms with Crippen molar-refractivity contribution in [3.8, 4) is 0 Å². The summed E-state index contributed by atoms with van der Waals surface area (Å²) in [5.41, 5.74) is 6.83. The van der Waals surface area contributed by atoms with Crippen LogP contribution >= 0.6 is 0 Å². The number of nitrogens with two attached hydrogens (primary N) is 1. The fraction of sp³-hybridized carbons (Fsp3) is 0.125. The SMILES string of the molecule is Nc1ccc(CC(=O)O)cc1.[KH]. The number of nitrogen functional groups attached to an aromatic ring is 1. The molecular formula is C8H10KNO2. The van der Waals surface area contributed by atoms with E-state index in [0.717, 1.165) is 5.56 Å². The molecule has 0 bridgehead atoms. The Morgan fingerprint density at radius 3 is 2.25 bits per heavy atom. The summed E-state index contributed by atoms with van der Waals surface area (Å²) in [6.45, 7) is 0. The second kappa shape index (κ2) is 5.72. The monoisotopic (exact) mass is 191 g/mol. The molecule has 1 aromatic carbocycles. The molecule has 0 aliphatic carbocycles. The van der Waals surface area contributed by atoms with Gasteiger partial charge in [0, 0.05) is 5.69 Å². The molecule has 0 amide bonds. The van der Waals surface area contributed by atoms with Crippen LogP contribution in [0, 0.1) is 0 Å². The number of carbonyl (C=O) groups is 1. The number of benzene rings is 1. The van der Waals surface area contributed by atoms with Gasteiger partial charge < -0.3 is 10.8 Å². The van der Waals surface area contributed by atoms with Crippen LogP contribution in [0.4, 0.5) is 5.69 Å². The number of anilines is 1. The van der Waals surface area contributed by atoms with Gasteiger partial charge in [-0.3, -0.25) is 4.79 Å². The number of rotatable bonds is 2. The predicted molar refractivity (Wildman–Crippen MR) is 49.3 cm³/mol. The summed E-state index contributed by atoms with van der Waals surface area (Å²) in [6, 6.07) is 6.81. The first-order chi connectivity index (χ1) is 5.18. The first-order valence-corrected chi connectivity index (χ1v) is 3.24. The summed E-state index contributed by atoms with van der Waals surface area (Å²) in [7, 11) is 0. The zero-order valence-electron chi connectivity index (χ0n) is 5.95. The molecule has 0 radical (unpaired) electrons. The van der Waals surface area contributed by atoms with Crippen LogP contribution in [-0.2, 0) is 11.2 Å². The number of hydrogen-bond acceptors (Lipinski definition) is 2. The van der Waals surface area contributed by atoms with Crippen LogP contribution in [0.25, 0.3) is 0 Å². The normalized spacial score (nSPS) is 8.67. The first-order valence-electron chi connectivity index (χ1n) is 3.24. The molecule has 1 rings (SSSR count). The third-order valence-corrected chi connectivity index (χ3v) is 1.34. The van der Waals surface area contributed by atoms with Crippen LogP contribution in [0.5, 0.6) is 0 Å². The molecule has 0 aromatic heterocycles. The molecule has 3 nitrogen and oxygen atoms in total. The van der Waals surface area contributed by atoms with Crippen molar-refractivity contribution in [2.45, 2.75) is 6.42 Å². The molecule has 0 heterocycles. The van der Waals surface area contributed by atoms with Crippen LogP contribution in [0.3, 0.4) is 0 Å². The van der Waals surface area contributed by atoms with Gasteiger partial charge in [-0.25, -0.2) is 0 Å². The van der Waals surface area contributed by atoms with Crippen molar-refractivity contribution in [1.82, 2.24) is 0 Å². The van der Waals surface area contributed by atoms with Crippen LogP contribution in [-0.4, -0.2) is 62.5 Å². The Morgan fingerprint density at radius 2 is 1.83 bits per heavy atom. The van der Waals surface area contributed by atoms with Crippen molar-refractivity contribution in [2.75, 3.05) is 5.73 Å².